The molecule has 1 unspecified atom stereocenters. The first-order chi connectivity index (χ1) is 9.18. The van der Waals surface area contributed by atoms with Gasteiger partial charge in [0.2, 0.25) is 0 Å². The second-order valence-electron chi connectivity index (χ2n) is 4.62. The zero-order chi connectivity index (χ0) is 13.7. The molecule has 0 aliphatic rings. The van der Waals surface area contributed by atoms with Crippen LogP contribution in [0.1, 0.15) is 30.0 Å². The van der Waals surface area contributed by atoms with E-state index in [-0.39, 0.29) is 6.04 Å². The number of benzene rings is 2. The van der Waals surface area contributed by atoms with Crippen LogP contribution in [0.4, 0.5) is 0 Å². The smallest absolute Gasteiger partial charge is 0.0624 e. The Hall–Kier alpha value is -1.02. The van der Waals surface area contributed by atoms with Crippen molar-refractivity contribution in [2.24, 2.45) is 5.73 Å². The van der Waals surface area contributed by atoms with E-state index in [1.54, 1.807) is 0 Å². The van der Waals surface area contributed by atoms with Crippen molar-refractivity contribution in [3.8, 4) is 0 Å². The van der Waals surface area contributed by atoms with Crippen LogP contribution in [0.25, 0.3) is 0 Å². The van der Waals surface area contributed by atoms with Crippen LogP contribution in [-0.2, 0) is 6.42 Å². The number of hydrogen-bond acceptors (Lipinski definition) is 1. The highest BCUT2D eigenvalue weighted by Crippen LogP contribution is 2.27. The fourth-order valence-electron chi connectivity index (χ4n) is 2.12. The Morgan fingerprint density at radius 2 is 1.68 bits per heavy atom. The fraction of sp³-hybridized carbons (Fsp3) is 0.250. The average molecular weight is 294 g/mol. The molecule has 0 saturated heterocycles. The first-order valence-electron chi connectivity index (χ1n) is 6.42. The zero-order valence-corrected chi connectivity index (χ0v) is 12.2. The van der Waals surface area contributed by atoms with E-state index in [0.717, 1.165) is 24.8 Å². The molecule has 3 heteroatoms. The van der Waals surface area contributed by atoms with Gasteiger partial charge in [0.1, 0.15) is 0 Å². The summed E-state index contributed by atoms with van der Waals surface area (Å²) in [5.41, 5.74) is 8.44. The second kappa shape index (κ2) is 6.95. The number of halogens is 2. The van der Waals surface area contributed by atoms with E-state index in [2.05, 4.69) is 12.1 Å². The highest BCUT2D eigenvalue weighted by Gasteiger charge is 2.07. The summed E-state index contributed by atoms with van der Waals surface area (Å²) in [7, 11) is 0. The van der Waals surface area contributed by atoms with Gasteiger partial charge in [0.05, 0.1) is 10.0 Å². The van der Waals surface area contributed by atoms with Crippen molar-refractivity contribution in [1.82, 2.24) is 0 Å². The van der Waals surface area contributed by atoms with Gasteiger partial charge in [0.25, 0.3) is 0 Å². The van der Waals surface area contributed by atoms with E-state index >= 15 is 0 Å². The fourth-order valence-corrected chi connectivity index (χ4v) is 2.54. The molecular formula is C16H17Cl2N. The van der Waals surface area contributed by atoms with Gasteiger partial charge in [-0.2, -0.15) is 0 Å². The van der Waals surface area contributed by atoms with Gasteiger partial charge < -0.3 is 5.73 Å². The lowest BCUT2D eigenvalue weighted by Gasteiger charge is -2.12. The van der Waals surface area contributed by atoms with Gasteiger partial charge >= 0.3 is 0 Å². The first kappa shape index (κ1) is 14.4. The second-order valence-corrected chi connectivity index (χ2v) is 5.41. The molecule has 0 radical (unpaired) electrons. The monoisotopic (exact) mass is 293 g/mol. The maximum atomic E-state index is 6.17. The topological polar surface area (TPSA) is 26.0 Å². The van der Waals surface area contributed by atoms with Gasteiger partial charge in [-0.15, -0.1) is 0 Å². The zero-order valence-electron chi connectivity index (χ0n) is 10.7. The maximum absolute atomic E-state index is 6.17. The summed E-state index contributed by atoms with van der Waals surface area (Å²) in [4.78, 5) is 0. The summed E-state index contributed by atoms with van der Waals surface area (Å²) in [5, 5.41) is 1.28. The lowest BCUT2D eigenvalue weighted by Crippen LogP contribution is -2.10. The predicted octanol–water partition coefficient (Wildman–Crippen LogP) is 5.02. The average Bonchev–Trinajstić information content (AvgIpc) is 2.44. The van der Waals surface area contributed by atoms with Crippen LogP contribution >= 0.6 is 23.2 Å². The Kier molecular flexibility index (Phi) is 5.26. The summed E-state index contributed by atoms with van der Waals surface area (Å²) in [6.45, 7) is 0. The Morgan fingerprint density at radius 3 is 2.42 bits per heavy atom. The van der Waals surface area contributed by atoms with Gasteiger partial charge in [-0.05, 0) is 36.5 Å². The Morgan fingerprint density at radius 1 is 0.947 bits per heavy atom. The molecule has 0 bridgehead atoms. The molecule has 0 fully saturated rings. The molecule has 1 nitrogen and oxygen atoms in total. The van der Waals surface area contributed by atoms with Crippen LogP contribution in [0.5, 0.6) is 0 Å². The molecule has 0 aliphatic heterocycles. The number of aryl methyl sites for hydroxylation is 1. The van der Waals surface area contributed by atoms with Gasteiger partial charge in [0, 0.05) is 6.04 Å². The van der Waals surface area contributed by atoms with Crippen LogP contribution in [-0.4, -0.2) is 0 Å². The van der Waals surface area contributed by atoms with Gasteiger partial charge in [-0.1, -0.05) is 65.7 Å². The van der Waals surface area contributed by atoms with Crippen LogP contribution in [0.2, 0.25) is 10.0 Å². The molecule has 2 N–H and O–H groups in total. The number of hydrogen-bond donors (Lipinski definition) is 1. The quantitative estimate of drug-likeness (QED) is 0.823. The van der Waals surface area contributed by atoms with Crippen LogP contribution < -0.4 is 5.73 Å². The molecule has 2 rings (SSSR count). The van der Waals surface area contributed by atoms with Crippen molar-refractivity contribution >= 4 is 23.2 Å². The van der Waals surface area contributed by atoms with E-state index in [9.17, 15) is 0 Å². The summed E-state index contributed by atoms with van der Waals surface area (Å²) in [5.74, 6) is 0. The predicted molar refractivity (Wildman–Crippen MR) is 82.8 cm³/mol. The minimum Gasteiger partial charge on any atom is -0.324 e. The normalized spacial score (nSPS) is 12.4. The molecule has 100 valence electrons. The summed E-state index contributed by atoms with van der Waals surface area (Å²) >= 11 is 12.2. The van der Waals surface area contributed by atoms with E-state index in [1.807, 2.05) is 36.4 Å². The molecule has 0 saturated carbocycles. The third kappa shape index (κ3) is 3.97. The van der Waals surface area contributed by atoms with E-state index < -0.39 is 0 Å². The third-order valence-corrected chi connectivity index (χ3v) is 4.08. The van der Waals surface area contributed by atoms with Crippen molar-refractivity contribution in [3.63, 3.8) is 0 Å². The van der Waals surface area contributed by atoms with Crippen LogP contribution in [0, 0.1) is 0 Å². The Bertz CT molecular complexity index is 526. The number of nitrogens with two attached hydrogens (primary N) is 1. The largest absolute Gasteiger partial charge is 0.324 e. The molecular weight excluding hydrogens is 277 g/mol. The molecule has 1 atom stereocenters. The van der Waals surface area contributed by atoms with Crippen molar-refractivity contribution in [2.45, 2.75) is 25.3 Å². The van der Waals surface area contributed by atoms with Crippen LogP contribution in [0.3, 0.4) is 0 Å². The van der Waals surface area contributed by atoms with E-state index in [4.69, 9.17) is 28.9 Å². The van der Waals surface area contributed by atoms with Crippen molar-refractivity contribution < 1.29 is 0 Å². The van der Waals surface area contributed by atoms with Gasteiger partial charge in [0.15, 0.2) is 0 Å². The van der Waals surface area contributed by atoms with E-state index in [0.29, 0.717) is 10.0 Å². The lowest BCUT2D eigenvalue weighted by molar-refractivity contribution is 0.611. The Balaban J connectivity index is 1.88. The number of rotatable bonds is 5. The maximum Gasteiger partial charge on any atom is 0.0624 e. The molecule has 0 heterocycles. The molecule has 0 aromatic heterocycles. The molecule has 0 spiro atoms. The summed E-state index contributed by atoms with van der Waals surface area (Å²) in [6, 6.07) is 16.0. The van der Waals surface area contributed by atoms with Crippen molar-refractivity contribution in [3.05, 3.63) is 69.7 Å². The molecule has 2 aromatic carbocycles. The van der Waals surface area contributed by atoms with E-state index in [1.165, 1.54) is 5.56 Å². The molecule has 19 heavy (non-hydrogen) atoms. The third-order valence-electron chi connectivity index (χ3n) is 3.22. The Labute approximate surface area is 124 Å². The van der Waals surface area contributed by atoms with Gasteiger partial charge in [-0.25, -0.2) is 0 Å². The van der Waals surface area contributed by atoms with Crippen molar-refractivity contribution in [1.29, 1.82) is 0 Å². The summed E-state index contributed by atoms with van der Waals surface area (Å²) in [6.07, 6.45) is 2.84. The minimum atomic E-state index is 0.0826. The van der Waals surface area contributed by atoms with Gasteiger partial charge in [-0.3, -0.25) is 0 Å². The molecule has 0 amide bonds. The lowest BCUT2D eigenvalue weighted by atomic mass is 10.00. The highest BCUT2D eigenvalue weighted by molar-refractivity contribution is 6.42. The molecule has 2 aromatic rings. The van der Waals surface area contributed by atoms with Crippen LogP contribution in [0.15, 0.2) is 48.5 Å². The molecule has 0 aliphatic carbocycles. The first-order valence-corrected chi connectivity index (χ1v) is 7.17. The summed E-state index contributed by atoms with van der Waals surface area (Å²) < 4.78 is 0. The highest BCUT2D eigenvalue weighted by atomic mass is 35.5. The minimum absolute atomic E-state index is 0.0826. The van der Waals surface area contributed by atoms with Crippen molar-refractivity contribution in [2.75, 3.05) is 0 Å². The standard InChI is InChI=1S/C16H17Cl2N/c17-14-10-4-8-13(16(14)18)9-5-11-15(19)12-6-2-1-3-7-12/h1-4,6-8,10,15H,5,9,11,19H2. The SMILES string of the molecule is NC(CCCc1cccc(Cl)c1Cl)c1ccccc1.